The smallest absolute Gasteiger partial charge is 0.189 e. The van der Waals surface area contributed by atoms with Gasteiger partial charge in [0.05, 0.1) is 0 Å². The average Bonchev–Trinajstić information content (AvgIpc) is 2.26. The van der Waals surface area contributed by atoms with Gasteiger partial charge in [-0.2, -0.15) is 12.6 Å². The van der Waals surface area contributed by atoms with Gasteiger partial charge < -0.3 is 4.98 Å². The van der Waals surface area contributed by atoms with Gasteiger partial charge in [0.2, 0.25) is 0 Å². The molecular formula is C13H13NOS. The van der Waals surface area contributed by atoms with Crippen LogP contribution >= 0.6 is 12.6 Å². The molecule has 0 amide bonds. The molecule has 0 spiro atoms. The highest BCUT2D eigenvalue weighted by Gasteiger charge is 1.99. The van der Waals surface area contributed by atoms with E-state index in [1.807, 2.05) is 37.3 Å². The molecule has 0 unspecified atom stereocenters. The molecule has 1 aromatic carbocycles. The Bertz CT molecular complexity index is 598. The molecule has 2 rings (SSSR count). The fourth-order valence-electron chi connectivity index (χ4n) is 1.69. The fourth-order valence-corrected chi connectivity index (χ4v) is 1.80. The van der Waals surface area contributed by atoms with Crippen LogP contribution in [-0.2, 0) is 0 Å². The van der Waals surface area contributed by atoms with Crippen LogP contribution in [0.15, 0.2) is 35.1 Å². The number of aromatic amines is 1. The van der Waals surface area contributed by atoms with Crippen LogP contribution in [-0.4, -0.2) is 10.7 Å². The van der Waals surface area contributed by atoms with Crippen molar-refractivity contribution in [2.75, 3.05) is 5.75 Å². The van der Waals surface area contributed by atoms with Gasteiger partial charge in [-0.05, 0) is 24.6 Å². The lowest BCUT2D eigenvalue weighted by molar-refractivity contribution is 1.24. The largest absolute Gasteiger partial charge is 0.358 e. The van der Waals surface area contributed by atoms with E-state index in [-0.39, 0.29) is 5.43 Å². The van der Waals surface area contributed by atoms with E-state index in [9.17, 15) is 4.79 Å². The summed E-state index contributed by atoms with van der Waals surface area (Å²) in [7, 11) is 0. The van der Waals surface area contributed by atoms with Crippen LogP contribution in [0.5, 0.6) is 0 Å². The number of fused-ring (bicyclic) bond motifs is 1. The maximum absolute atomic E-state index is 11.8. The van der Waals surface area contributed by atoms with Gasteiger partial charge in [0, 0.05) is 28.4 Å². The second-order valence-corrected chi connectivity index (χ2v) is 4.07. The summed E-state index contributed by atoms with van der Waals surface area (Å²) in [4.78, 5) is 14.9. The van der Waals surface area contributed by atoms with Crippen molar-refractivity contribution in [1.29, 1.82) is 0 Å². The minimum atomic E-state index is 0.0624. The highest BCUT2D eigenvalue weighted by atomic mass is 32.1. The zero-order valence-electron chi connectivity index (χ0n) is 9.03. The number of aryl methyl sites for hydroxylation is 1. The van der Waals surface area contributed by atoms with Crippen molar-refractivity contribution < 1.29 is 0 Å². The molecular weight excluding hydrogens is 218 g/mol. The van der Waals surface area contributed by atoms with Gasteiger partial charge in [-0.1, -0.05) is 18.2 Å². The lowest BCUT2D eigenvalue weighted by Crippen LogP contribution is -2.02. The van der Waals surface area contributed by atoms with Gasteiger partial charge in [-0.15, -0.1) is 0 Å². The second-order valence-electron chi connectivity index (χ2n) is 3.71. The lowest BCUT2D eigenvalue weighted by atomic mass is 10.1. The molecule has 82 valence electrons. The van der Waals surface area contributed by atoms with Crippen molar-refractivity contribution in [2.24, 2.45) is 0 Å². The van der Waals surface area contributed by atoms with E-state index in [4.69, 9.17) is 0 Å². The van der Waals surface area contributed by atoms with E-state index in [1.165, 1.54) is 0 Å². The molecule has 0 atom stereocenters. The third-order valence-electron chi connectivity index (χ3n) is 2.40. The highest BCUT2D eigenvalue weighted by molar-refractivity contribution is 7.80. The Balaban J connectivity index is 2.62. The first-order valence-electron chi connectivity index (χ1n) is 5.12. The topological polar surface area (TPSA) is 32.9 Å². The fraction of sp³-hybridized carbons (Fsp3) is 0.154. The van der Waals surface area contributed by atoms with E-state index >= 15 is 0 Å². The Hall–Kier alpha value is -1.48. The van der Waals surface area contributed by atoms with E-state index < -0.39 is 0 Å². The Labute approximate surface area is 99.4 Å². The average molecular weight is 231 g/mol. The van der Waals surface area contributed by atoms with E-state index in [1.54, 1.807) is 6.07 Å². The lowest BCUT2D eigenvalue weighted by Gasteiger charge is -2.01. The normalized spacial score (nSPS) is 11.4. The third kappa shape index (κ3) is 2.19. The summed E-state index contributed by atoms with van der Waals surface area (Å²) >= 11 is 4.10. The van der Waals surface area contributed by atoms with Crippen molar-refractivity contribution in [3.05, 3.63) is 51.8 Å². The van der Waals surface area contributed by atoms with Crippen LogP contribution in [0.2, 0.25) is 0 Å². The molecule has 1 heterocycles. The standard InChI is InChI=1S/C13H13NOS/c1-9-7-13(15)11-8-10(3-2-6-16)4-5-12(11)14-9/h2-5,7-8,16H,6H2,1H3,(H,14,15). The SMILES string of the molecule is Cc1cc(=O)c2cc(C=CCS)ccc2[nH]1. The second kappa shape index (κ2) is 4.58. The molecule has 16 heavy (non-hydrogen) atoms. The van der Waals surface area contributed by atoms with Crippen molar-refractivity contribution in [2.45, 2.75) is 6.92 Å². The van der Waals surface area contributed by atoms with Crippen LogP contribution in [0.4, 0.5) is 0 Å². The van der Waals surface area contributed by atoms with E-state index in [0.717, 1.165) is 22.2 Å². The number of pyridine rings is 1. The summed E-state index contributed by atoms with van der Waals surface area (Å²) in [6.07, 6.45) is 3.92. The summed E-state index contributed by atoms with van der Waals surface area (Å²) in [5.74, 6) is 0.697. The van der Waals surface area contributed by atoms with Crippen molar-refractivity contribution in [1.82, 2.24) is 4.98 Å². The Kier molecular flexibility index (Phi) is 3.15. The van der Waals surface area contributed by atoms with Gasteiger partial charge >= 0.3 is 0 Å². The summed E-state index contributed by atoms with van der Waals surface area (Å²) in [5, 5.41) is 0.729. The summed E-state index contributed by atoms with van der Waals surface area (Å²) < 4.78 is 0. The number of aromatic nitrogens is 1. The van der Waals surface area contributed by atoms with Crippen LogP contribution in [0, 0.1) is 6.92 Å². The van der Waals surface area contributed by atoms with Crippen LogP contribution < -0.4 is 5.43 Å². The number of thiol groups is 1. The molecule has 1 N–H and O–H groups in total. The molecule has 0 fully saturated rings. The van der Waals surface area contributed by atoms with Gasteiger partial charge in [0.25, 0.3) is 0 Å². The number of nitrogens with one attached hydrogen (secondary N) is 1. The Morgan fingerprint density at radius 2 is 2.19 bits per heavy atom. The molecule has 0 saturated carbocycles. The minimum Gasteiger partial charge on any atom is -0.358 e. The quantitative estimate of drug-likeness (QED) is 0.765. The highest BCUT2D eigenvalue weighted by Crippen LogP contribution is 2.12. The predicted octanol–water partition coefficient (Wildman–Crippen LogP) is 2.78. The van der Waals surface area contributed by atoms with Gasteiger partial charge in [0.15, 0.2) is 5.43 Å². The van der Waals surface area contributed by atoms with Crippen molar-refractivity contribution in [3.8, 4) is 0 Å². The molecule has 0 aliphatic rings. The Morgan fingerprint density at radius 1 is 1.38 bits per heavy atom. The zero-order chi connectivity index (χ0) is 11.5. The Morgan fingerprint density at radius 3 is 2.94 bits per heavy atom. The summed E-state index contributed by atoms with van der Waals surface area (Å²) in [5.41, 5.74) is 2.85. The van der Waals surface area contributed by atoms with Gasteiger partial charge in [-0.3, -0.25) is 4.79 Å². The number of hydrogen-bond donors (Lipinski definition) is 2. The maximum Gasteiger partial charge on any atom is 0.189 e. The third-order valence-corrected chi connectivity index (χ3v) is 2.62. The van der Waals surface area contributed by atoms with Crippen LogP contribution in [0.25, 0.3) is 17.0 Å². The predicted molar refractivity (Wildman–Crippen MR) is 72.2 cm³/mol. The van der Waals surface area contributed by atoms with E-state index in [2.05, 4.69) is 17.6 Å². The van der Waals surface area contributed by atoms with Gasteiger partial charge in [-0.25, -0.2) is 0 Å². The monoisotopic (exact) mass is 231 g/mol. The molecule has 0 aliphatic carbocycles. The molecule has 2 nitrogen and oxygen atoms in total. The molecule has 0 bridgehead atoms. The molecule has 0 saturated heterocycles. The summed E-state index contributed by atoms with van der Waals surface area (Å²) in [6, 6.07) is 7.43. The molecule has 3 heteroatoms. The van der Waals surface area contributed by atoms with Crippen molar-refractivity contribution in [3.63, 3.8) is 0 Å². The number of hydrogen-bond acceptors (Lipinski definition) is 2. The molecule has 0 aliphatic heterocycles. The number of rotatable bonds is 2. The molecule has 1 aromatic heterocycles. The first kappa shape index (κ1) is 11.0. The van der Waals surface area contributed by atoms with Gasteiger partial charge in [0.1, 0.15) is 0 Å². The first-order chi connectivity index (χ1) is 7.70. The van der Waals surface area contributed by atoms with Crippen LogP contribution in [0.1, 0.15) is 11.3 Å². The van der Waals surface area contributed by atoms with E-state index in [0.29, 0.717) is 5.75 Å². The molecule has 0 radical (unpaired) electrons. The van der Waals surface area contributed by atoms with Crippen LogP contribution in [0.3, 0.4) is 0 Å². The molecule has 2 aromatic rings. The number of H-pyrrole nitrogens is 1. The zero-order valence-corrected chi connectivity index (χ0v) is 9.92. The minimum absolute atomic E-state index is 0.0624. The first-order valence-corrected chi connectivity index (χ1v) is 5.75. The summed E-state index contributed by atoms with van der Waals surface area (Å²) in [6.45, 7) is 1.88. The maximum atomic E-state index is 11.8. The van der Waals surface area contributed by atoms with Crippen molar-refractivity contribution >= 4 is 29.6 Å². The number of benzene rings is 1.